The molecular weight excluding hydrogens is 474 g/mol. The molecule has 0 saturated carbocycles. The van der Waals surface area contributed by atoms with Crippen LogP contribution in [0.1, 0.15) is 12.5 Å². The van der Waals surface area contributed by atoms with E-state index in [2.05, 4.69) is 36.1 Å². The molecule has 1 aromatic heterocycles. The van der Waals surface area contributed by atoms with Crippen LogP contribution in [0.25, 0.3) is 0 Å². The normalized spacial score (nSPS) is 10.6. The Balaban J connectivity index is 1.58. The molecule has 0 atom stereocenters. The van der Waals surface area contributed by atoms with Crippen LogP contribution in [-0.4, -0.2) is 45.5 Å². The second-order valence-corrected chi connectivity index (χ2v) is 7.45. The summed E-state index contributed by atoms with van der Waals surface area (Å²) in [6, 6.07) is 24.2. The molecule has 0 radical (unpaired) electrons. The molecule has 4 rings (SSSR count). The van der Waals surface area contributed by atoms with Gasteiger partial charge in [0.1, 0.15) is 0 Å². The molecule has 0 amide bonds. The van der Waals surface area contributed by atoms with E-state index in [1.807, 2.05) is 67.6 Å². The summed E-state index contributed by atoms with van der Waals surface area (Å²) in [5, 5.41) is 19.6. The van der Waals surface area contributed by atoms with Gasteiger partial charge in [-0.25, -0.2) is 10.2 Å². The molecule has 0 spiro atoms. The molecule has 0 saturated heterocycles. The Kier molecular flexibility index (Phi) is 8.42. The molecular formula is C26H25N7O4. The number of hydrogen-bond acceptors (Lipinski definition) is 10. The van der Waals surface area contributed by atoms with Crippen LogP contribution < -0.4 is 25.5 Å². The van der Waals surface area contributed by atoms with Gasteiger partial charge in [0, 0.05) is 16.9 Å². The van der Waals surface area contributed by atoms with E-state index in [1.54, 1.807) is 18.2 Å². The van der Waals surface area contributed by atoms with Gasteiger partial charge in [-0.2, -0.15) is 20.1 Å². The summed E-state index contributed by atoms with van der Waals surface area (Å²) >= 11 is 0. The van der Waals surface area contributed by atoms with E-state index >= 15 is 0 Å². The van der Waals surface area contributed by atoms with Gasteiger partial charge < -0.3 is 25.2 Å². The quantitative estimate of drug-likeness (QED) is 0.160. The van der Waals surface area contributed by atoms with Crippen LogP contribution in [0, 0.1) is 0 Å². The highest BCUT2D eigenvalue weighted by molar-refractivity contribution is 5.85. The maximum Gasteiger partial charge on any atom is 0.341 e. The zero-order valence-corrected chi connectivity index (χ0v) is 20.0. The van der Waals surface area contributed by atoms with Gasteiger partial charge in [-0.3, -0.25) is 0 Å². The fraction of sp³-hybridized carbons (Fsp3) is 0.115. The molecule has 0 bridgehead atoms. The number of carboxylic acid groups (broad SMARTS) is 1. The van der Waals surface area contributed by atoms with Gasteiger partial charge in [-0.15, -0.1) is 0 Å². The maximum absolute atomic E-state index is 11.0. The topological polar surface area (TPSA) is 143 Å². The van der Waals surface area contributed by atoms with Gasteiger partial charge in [0.05, 0.1) is 12.8 Å². The third kappa shape index (κ3) is 7.39. The lowest BCUT2D eigenvalue weighted by atomic mass is 10.2. The summed E-state index contributed by atoms with van der Waals surface area (Å²) in [6.45, 7) is 1.70. The zero-order valence-electron chi connectivity index (χ0n) is 20.0. The van der Waals surface area contributed by atoms with Gasteiger partial charge >= 0.3 is 5.97 Å². The molecule has 188 valence electrons. The lowest BCUT2D eigenvalue weighted by Crippen LogP contribution is -2.12. The summed E-state index contributed by atoms with van der Waals surface area (Å²) in [4.78, 5) is 24.3. The number of nitrogens with zero attached hydrogens (tertiary/aromatic N) is 4. The smallest absolute Gasteiger partial charge is 0.341 e. The van der Waals surface area contributed by atoms with Crippen molar-refractivity contribution in [2.24, 2.45) is 5.10 Å². The molecule has 3 aromatic carbocycles. The van der Waals surface area contributed by atoms with E-state index in [1.165, 1.54) is 6.21 Å². The molecule has 4 N–H and O–H groups in total. The van der Waals surface area contributed by atoms with Crippen molar-refractivity contribution in [1.82, 2.24) is 15.0 Å². The Labute approximate surface area is 213 Å². The molecule has 11 nitrogen and oxygen atoms in total. The highest BCUT2D eigenvalue weighted by Crippen LogP contribution is 2.30. The van der Waals surface area contributed by atoms with Gasteiger partial charge in [-0.05, 0) is 43.3 Å². The molecule has 11 heteroatoms. The number of aromatic nitrogens is 3. The van der Waals surface area contributed by atoms with Crippen molar-refractivity contribution in [3.63, 3.8) is 0 Å². The number of aliphatic carboxylic acids is 1. The van der Waals surface area contributed by atoms with Crippen molar-refractivity contribution >= 4 is 41.4 Å². The third-order valence-electron chi connectivity index (χ3n) is 4.71. The molecule has 0 aliphatic heterocycles. The zero-order chi connectivity index (χ0) is 25.9. The van der Waals surface area contributed by atoms with Crippen molar-refractivity contribution in [1.29, 1.82) is 0 Å². The molecule has 0 fully saturated rings. The van der Waals surface area contributed by atoms with Crippen LogP contribution in [0.3, 0.4) is 0 Å². The van der Waals surface area contributed by atoms with Crippen LogP contribution in [0.5, 0.6) is 11.5 Å². The number of ether oxygens (including phenoxy) is 2. The van der Waals surface area contributed by atoms with Gasteiger partial charge in [0.2, 0.25) is 17.8 Å². The number of benzene rings is 3. The SMILES string of the molecule is CCOc1cccc(/C=N\Nc2nc(Nc3ccccc3)nc(Nc3ccccc3)n2)c1OCC(=O)O. The van der Waals surface area contributed by atoms with Gasteiger partial charge in [0.25, 0.3) is 0 Å². The highest BCUT2D eigenvalue weighted by Gasteiger charge is 2.12. The van der Waals surface area contributed by atoms with Crippen LogP contribution in [0.4, 0.5) is 29.2 Å². The fourth-order valence-corrected chi connectivity index (χ4v) is 3.19. The maximum atomic E-state index is 11.0. The average Bonchev–Trinajstić information content (AvgIpc) is 2.89. The summed E-state index contributed by atoms with van der Waals surface area (Å²) in [5.74, 6) is 0.371. The first-order chi connectivity index (χ1) is 18.1. The number of hydrazone groups is 1. The molecule has 1 heterocycles. The Bertz CT molecular complexity index is 1290. The number of nitrogens with one attached hydrogen (secondary N) is 3. The minimum absolute atomic E-state index is 0.178. The first-order valence-electron chi connectivity index (χ1n) is 11.4. The third-order valence-corrected chi connectivity index (χ3v) is 4.71. The first kappa shape index (κ1) is 24.9. The van der Waals surface area contributed by atoms with Crippen LogP contribution in [0.15, 0.2) is 84.0 Å². The van der Waals surface area contributed by atoms with Gasteiger partial charge in [0.15, 0.2) is 18.1 Å². The van der Waals surface area contributed by atoms with Crippen molar-refractivity contribution in [2.45, 2.75) is 6.92 Å². The molecule has 0 unspecified atom stereocenters. The summed E-state index contributed by atoms with van der Waals surface area (Å²) < 4.78 is 11.0. The largest absolute Gasteiger partial charge is 0.490 e. The first-order valence-corrected chi connectivity index (χ1v) is 11.4. The summed E-state index contributed by atoms with van der Waals surface area (Å²) in [6.07, 6.45) is 1.47. The Morgan fingerprint density at radius 3 is 2.00 bits per heavy atom. The second kappa shape index (κ2) is 12.5. The van der Waals surface area contributed by atoms with E-state index in [0.717, 1.165) is 11.4 Å². The monoisotopic (exact) mass is 499 g/mol. The number of rotatable bonds is 12. The van der Waals surface area contributed by atoms with E-state index in [-0.39, 0.29) is 11.7 Å². The van der Waals surface area contributed by atoms with Gasteiger partial charge in [-0.1, -0.05) is 42.5 Å². The Morgan fingerprint density at radius 1 is 0.838 bits per heavy atom. The number of hydrogen-bond donors (Lipinski definition) is 4. The summed E-state index contributed by atoms with van der Waals surface area (Å²) in [7, 11) is 0. The van der Waals surface area contributed by atoms with Crippen LogP contribution in [0.2, 0.25) is 0 Å². The van der Waals surface area contributed by atoms with E-state index in [9.17, 15) is 4.79 Å². The number of carboxylic acids is 1. The lowest BCUT2D eigenvalue weighted by Gasteiger charge is -2.13. The fourth-order valence-electron chi connectivity index (χ4n) is 3.19. The average molecular weight is 500 g/mol. The van der Waals surface area contributed by atoms with Crippen LogP contribution in [-0.2, 0) is 4.79 Å². The number of para-hydroxylation sites is 3. The van der Waals surface area contributed by atoms with E-state index in [4.69, 9.17) is 14.6 Å². The Hall–Kier alpha value is -5.19. The molecule has 4 aromatic rings. The predicted octanol–water partition coefficient (Wildman–Crippen LogP) is 4.67. The van der Waals surface area contributed by atoms with Crippen molar-refractivity contribution in [3.05, 3.63) is 84.4 Å². The Morgan fingerprint density at radius 2 is 1.43 bits per heavy atom. The number of carbonyl (C=O) groups is 1. The highest BCUT2D eigenvalue weighted by atomic mass is 16.5. The van der Waals surface area contributed by atoms with Crippen LogP contribution >= 0.6 is 0 Å². The lowest BCUT2D eigenvalue weighted by molar-refractivity contribution is -0.139. The van der Waals surface area contributed by atoms with Crippen molar-refractivity contribution in [3.8, 4) is 11.5 Å². The number of anilines is 5. The minimum Gasteiger partial charge on any atom is -0.490 e. The van der Waals surface area contributed by atoms with Crippen molar-refractivity contribution in [2.75, 3.05) is 29.3 Å². The second-order valence-electron chi connectivity index (χ2n) is 7.45. The summed E-state index contributed by atoms with van der Waals surface area (Å²) in [5.41, 5.74) is 4.93. The van der Waals surface area contributed by atoms with E-state index in [0.29, 0.717) is 29.8 Å². The van der Waals surface area contributed by atoms with E-state index < -0.39 is 12.6 Å². The van der Waals surface area contributed by atoms with Crippen molar-refractivity contribution < 1.29 is 19.4 Å². The molecule has 0 aliphatic rings. The predicted molar refractivity (Wildman–Crippen MR) is 141 cm³/mol. The molecule has 37 heavy (non-hydrogen) atoms. The standard InChI is InChI=1S/C26H25N7O4/c1-2-36-21-15-9-10-18(23(21)37-17-22(34)35)16-27-33-26-31-24(28-19-11-5-3-6-12-19)30-25(32-26)29-20-13-7-4-8-14-20/h3-16H,2,17H2,1H3,(H,34,35)(H3,28,29,30,31,32,33)/b27-16-. The minimum atomic E-state index is -1.10. The molecule has 0 aliphatic carbocycles.